The first-order valence-corrected chi connectivity index (χ1v) is 9.07. The van der Waals surface area contributed by atoms with E-state index in [1.54, 1.807) is 6.92 Å². The first-order valence-electron chi connectivity index (χ1n) is 9.07. The van der Waals surface area contributed by atoms with Crippen molar-refractivity contribution < 1.29 is 66.4 Å². The minimum absolute atomic E-state index is 0.146. The molecule has 0 aromatic heterocycles. The highest BCUT2D eigenvalue weighted by molar-refractivity contribution is 4.75. The van der Waals surface area contributed by atoms with Crippen LogP contribution in [0, 0.1) is 16.7 Å². The Morgan fingerprint density at radius 3 is 0.733 bits per heavy atom. The molecule has 0 heterocycles. The highest BCUT2D eigenvalue weighted by Gasteiger charge is 2.26. The molecule has 0 bridgehead atoms. The molecule has 13 N–H and O–H groups in total. The molecule has 0 unspecified atom stereocenters. The number of aliphatic hydroxyl groups excluding tert-OH is 13. The van der Waals surface area contributed by atoms with E-state index in [-0.39, 0.29) is 58.8 Å². The first-order chi connectivity index (χ1) is 14.1. The van der Waals surface area contributed by atoms with Gasteiger partial charge >= 0.3 is 0 Å². The lowest BCUT2D eigenvalue weighted by Crippen LogP contribution is -2.37. The van der Waals surface area contributed by atoms with Crippen LogP contribution in [0.3, 0.4) is 0 Å². The Bertz CT molecular complexity index is 273. The highest BCUT2D eigenvalue weighted by atomic mass is 16.3. The molecule has 13 nitrogen and oxygen atoms in total. The van der Waals surface area contributed by atoms with Gasteiger partial charge in [-0.15, -0.1) is 0 Å². The van der Waals surface area contributed by atoms with Crippen molar-refractivity contribution in [1.29, 1.82) is 0 Å². The summed E-state index contributed by atoms with van der Waals surface area (Å²) in [5.74, 6) is -0.347. The van der Waals surface area contributed by atoms with Crippen LogP contribution in [0.4, 0.5) is 0 Å². The van der Waals surface area contributed by atoms with Gasteiger partial charge in [-0.25, -0.2) is 0 Å². The molecule has 0 saturated heterocycles. The summed E-state index contributed by atoms with van der Waals surface area (Å²) >= 11 is 0. The van der Waals surface area contributed by atoms with Gasteiger partial charge in [-0.1, -0.05) is 6.92 Å². The van der Waals surface area contributed by atoms with Crippen molar-refractivity contribution in [3.63, 3.8) is 0 Å². The molecule has 0 aliphatic heterocycles. The van der Waals surface area contributed by atoms with Crippen LogP contribution in [0.1, 0.15) is 6.92 Å². The van der Waals surface area contributed by atoms with Gasteiger partial charge in [0.05, 0.1) is 84.7 Å². The maximum atomic E-state index is 8.50. The highest BCUT2D eigenvalue weighted by Crippen LogP contribution is 2.12. The van der Waals surface area contributed by atoms with Gasteiger partial charge in [0.15, 0.2) is 0 Å². The topological polar surface area (TPSA) is 263 Å². The van der Waals surface area contributed by atoms with Crippen molar-refractivity contribution in [2.75, 3.05) is 79.3 Å². The predicted octanol–water partition coefficient (Wildman–Crippen LogP) is -6.18. The predicted molar refractivity (Wildman–Crippen MR) is 105 cm³/mol. The Kier molecular flexibility index (Phi) is 30.4. The fourth-order valence-corrected chi connectivity index (χ4v) is 0.681. The monoisotopic (exact) mass is 454 g/mol. The molecule has 30 heavy (non-hydrogen) atoms. The van der Waals surface area contributed by atoms with E-state index in [2.05, 4.69) is 0 Å². The van der Waals surface area contributed by atoms with Crippen LogP contribution in [0.5, 0.6) is 0 Å². The summed E-state index contributed by atoms with van der Waals surface area (Å²) in [6.45, 7) is -1.73. The number of aliphatic hydroxyl groups is 13. The van der Waals surface area contributed by atoms with E-state index >= 15 is 0 Å². The Morgan fingerprint density at radius 2 is 0.733 bits per heavy atom. The average molecular weight is 455 g/mol. The molecule has 0 aliphatic rings. The number of rotatable bonds is 12. The van der Waals surface area contributed by atoms with Gasteiger partial charge in [-0.3, -0.25) is 0 Å². The molecule has 188 valence electrons. The fourth-order valence-electron chi connectivity index (χ4n) is 0.681. The molecule has 0 aliphatic carbocycles. The molecule has 0 aromatic rings. The van der Waals surface area contributed by atoms with Crippen molar-refractivity contribution >= 4 is 0 Å². The Morgan fingerprint density at radius 1 is 0.467 bits per heavy atom. The van der Waals surface area contributed by atoms with Crippen LogP contribution in [-0.4, -0.2) is 152 Å². The van der Waals surface area contributed by atoms with E-state index < -0.39 is 43.4 Å². The third kappa shape index (κ3) is 20.7. The largest absolute Gasteiger partial charge is 0.396 e. The van der Waals surface area contributed by atoms with Crippen molar-refractivity contribution in [1.82, 2.24) is 0 Å². The zero-order valence-electron chi connectivity index (χ0n) is 17.5. The Labute approximate surface area is 176 Å². The average Bonchev–Trinajstić information content (AvgIpc) is 2.82. The Hall–Kier alpha value is -0.520. The zero-order chi connectivity index (χ0) is 24.6. The lowest BCUT2D eigenvalue weighted by Gasteiger charge is -2.23. The van der Waals surface area contributed by atoms with E-state index in [1.165, 1.54) is 0 Å². The lowest BCUT2D eigenvalue weighted by molar-refractivity contribution is -0.0328. The summed E-state index contributed by atoms with van der Waals surface area (Å²) < 4.78 is 0. The SMILES string of the molecule is CC(CO)(CO)CO.OCC(CO)(CO)CO.OCC(CO)CO.OCC(O)CO. The summed E-state index contributed by atoms with van der Waals surface area (Å²) in [4.78, 5) is 0. The third-order valence-corrected chi connectivity index (χ3v) is 3.68. The summed E-state index contributed by atoms with van der Waals surface area (Å²) in [5, 5.41) is 108. The van der Waals surface area contributed by atoms with Gasteiger partial charge in [-0.05, 0) is 0 Å². The molecule has 0 radical (unpaired) electrons. The fraction of sp³-hybridized carbons (Fsp3) is 1.00. The van der Waals surface area contributed by atoms with Gasteiger partial charge in [0.2, 0.25) is 0 Å². The van der Waals surface area contributed by atoms with Crippen LogP contribution in [0.15, 0.2) is 0 Å². The molecule has 13 heteroatoms. The second-order valence-electron chi connectivity index (χ2n) is 6.85. The van der Waals surface area contributed by atoms with Gasteiger partial charge in [0, 0.05) is 11.3 Å². The van der Waals surface area contributed by atoms with Gasteiger partial charge in [0.25, 0.3) is 0 Å². The van der Waals surface area contributed by atoms with Crippen molar-refractivity contribution in [2.45, 2.75) is 13.0 Å². The smallest absolute Gasteiger partial charge is 0.100 e. The summed E-state index contributed by atoms with van der Waals surface area (Å²) in [5.41, 5.74) is -1.82. The van der Waals surface area contributed by atoms with Crippen LogP contribution < -0.4 is 0 Å². The van der Waals surface area contributed by atoms with Crippen molar-refractivity contribution in [3.05, 3.63) is 0 Å². The lowest BCUT2D eigenvalue weighted by atomic mass is 9.93. The van der Waals surface area contributed by atoms with Gasteiger partial charge in [-0.2, -0.15) is 0 Å². The molecule has 0 aromatic carbocycles. The summed E-state index contributed by atoms with van der Waals surface area (Å²) in [7, 11) is 0. The minimum atomic E-state index is -1.11. The van der Waals surface area contributed by atoms with Gasteiger partial charge < -0.3 is 66.4 Å². The van der Waals surface area contributed by atoms with Crippen LogP contribution in [-0.2, 0) is 0 Å². The molecule has 0 atom stereocenters. The summed E-state index contributed by atoms with van der Waals surface area (Å²) in [6, 6.07) is 0. The molecule has 0 spiro atoms. The molecule has 0 fully saturated rings. The van der Waals surface area contributed by atoms with Crippen LogP contribution in [0.25, 0.3) is 0 Å². The van der Waals surface area contributed by atoms with E-state index in [0.29, 0.717) is 0 Å². The zero-order valence-corrected chi connectivity index (χ0v) is 17.5. The van der Waals surface area contributed by atoms with Crippen molar-refractivity contribution in [3.8, 4) is 0 Å². The maximum absolute atomic E-state index is 8.50. The maximum Gasteiger partial charge on any atom is 0.100 e. The third-order valence-electron chi connectivity index (χ3n) is 3.68. The number of hydrogen-bond acceptors (Lipinski definition) is 13. The molecule has 0 saturated carbocycles. The number of hydrogen-bond donors (Lipinski definition) is 13. The molecule has 0 amide bonds. The summed E-state index contributed by atoms with van der Waals surface area (Å²) in [6.07, 6.45) is -0.954. The van der Waals surface area contributed by atoms with Crippen molar-refractivity contribution in [2.24, 2.45) is 16.7 Å². The van der Waals surface area contributed by atoms with E-state index in [9.17, 15) is 0 Å². The first kappa shape index (κ1) is 36.8. The quantitative estimate of drug-likeness (QED) is 0.131. The standard InChI is InChI=1S/C5H12O4.C5H12O3.C4H10O3.C3H8O3/c6-1-5(2-7,3-8)4-9;1-5(2-6,3-7)4-8;5-1-4(2-6)3-7;4-1-3(6)2-5/h6-9H,1-4H2;6-8H,2-4H2,1H3;4-7H,1-3H2;3-6H,1-2H2. The normalized spacial score (nSPS) is 11.2. The second kappa shape index (κ2) is 24.7. The van der Waals surface area contributed by atoms with E-state index in [4.69, 9.17) is 66.4 Å². The second-order valence-corrected chi connectivity index (χ2v) is 6.85. The van der Waals surface area contributed by atoms with E-state index in [0.717, 1.165) is 0 Å². The van der Waals surface area contributed by atoms with Crippen LogP contribution in [0.2, 0.25) is 0 Å². The van der Waals surface area contributed by atoms with Crippen LogP contribution >= 0.6 is 0 Å². The molecule has 0 rings (SSSR count). The van der Waals surface area contributed by atoms with Gasteiger partial charge in [0.1, 0.15) is 6.10 Å². The van der Waals surface area contributed by atoms with E-state index in [1.807, 2.05) is 0 Å². The molecular weight excluding hydrogens is 412 g/mol. The Balaban J connectivity index is -0.000000152. The minimum Gasteiger partial charge on any atom is -0.396 e. The molecular formula is C17H42O13.